The monoisotopic (exact) mass is 257 g/mol. The van der Waals surface area contributed by atoms with Gasteiger partial charge in [-0.1, -0.05) is 0 Å². The summed E-state index contributed by atoms with van der Waals surface area (Å²) >= 11 is 1.55. The molecule has 0 bridgehead atoms. The molecule has 1 aromatic heterocycles. The summed E-state index contributed by atoms with van der Waals surface area (Å²) in [6.45, 7) is 5.96. The molecule has 1 aromatic rings. The van der Waals surface area contributed by atoms with Crippen LogP contribution in [0.1, 0.15) is 25.6 Å². The average molecular weight is 257 g/mol. The summed E-state index contributed by atoms with van der Waals surface area (Å²) in [6, 6.07) is 0. The first-order valence-electron chi connectivity index (χ1n) is 5.37. The fraction of sp³-hybridized carbons (Fsp3) is 0.636. The molecule has 0 aliphatic rings. The minimum absolute atomic E-state index is 0.405. The van der Waals surface area contributed by atoms with E-state index in [0.29, 0.717) is 6.54 Å². The van der Waals surface area contributed by atoms with Crippen molar-refractivity contribution in [1.82, 2.24) is 10.3 Å². The highest BCUT2D eigenvalue weighted by atomic mass is 32.1. The van der Waals surface area contributed by atoms with Crippen LogP contribution in [0.3, 0.4) is 0 Å². The molecular weight excluding hydrogens is 238 g/mol. The predicted octanol–water partition coefficient (Wildman–Crippen LogP) is 2.23. The number of hydrogen-bond acceptors (Lipinski definition) is 5. The molecule has 0 unspecified atom stereocenters. The van der Waals surface area contributed by atoms with E-state index in [1.54, 1.807) is 17.5 Å². The van der Waals surface area contributed by atoms with Gasteiger partial charge < -0.3 is 15.0 Å². The van der Waals surface area contributed by atoms with Crippen molar-refractivity contribution in [3.05, 3.63) is 11.1 Å². The second-order valence-corrected chi connectivity index (χ2v) is 5.95. The Bertz CT molecular complexity index is 382. The third-order valence-corrected chi connectivity index (χ3v) is 2.89. The highest BCUT2D eigenvalue weighted by molar-refractivity contribution is 7.15. The van der Waals surface area contributed by atoms with Crippen LogP contribution < -0.4 is 10.2 Å². The van der Waals surface area contributed by atoms with Gasteiger partial charge in [-0.2, -0.15) is 0 Å². The van der Waals surface area contributed by atoms with E-state index in [1.165, 1.54) is 0 Å². The Hall–Kier alpha value is -1.30. The van der Waals surface area contributed by atoms with E-state index in [2.05, 4.69) is 10.3 Å². The molecule has 0 atom stereocenters. The smallest absolute Gasteiger partial charge is 0.407 e. The van der Waals surface area contributed by atoms with Crippen LogP contribution in [0.25, 0.3) is 0 Å². The zero-order chi connectivity index (χ0) is 13.1. The Labute approximate surface area is 106 Å². The van der Waals surface area contributed by atoms with Crippen molar-refractivity contribution in [1.29, 1.82) is 0 Å². The zero-order valence-electron chi connectivity index (χ0n) is 10.9. The van der Waals surface area contributed by atoms with Crippen LogP contribution in [0.4, 0.5) is 9.93 Å². The standard InChI is InChI=1S/C11H19N3O2S/c1-11(2,3)16-10(15)13-7-8-6-12-9(17-8)14(4)5/h6H,7H2,1-5H3,(H,13,15). The molecule has 0 aromatic carbocycles. The number of amides is 1. The van der Waals surface area contributed by atoms with E-state index in [-0.39, 0.29) is 0 Å². The molecule has 1 heterocycles. The van der Waals surface area contributed by atoms with E-state index in [0.717, 1.165) is 10.0 Å². The molecule has 0 spiro atoms. The van der Waals surface area contributed by atoms with E-state index >= 15 is 0 Å². The normalized spacial score (nSPS) is 11.1. The number of carbonyl (C=O) groups is 1. The summed E-state index contributed by atoms with van der Waals surface area (Å²) in [5.74, 6) is 0. The lowest BCUT2D eigenvalue weighted by Crippen LogP contribution is -2.31. The van der Waals surface area contributed by atoms with Crippen LogP contribution in [-0.2, 0) is 11.3 Å². The lowest BCUT2D eigenvalue weighted by molar-refractivity contribution is 0.0524. The third-order valence-electron chi connectivity index (χ3n) is 1.73. The molecule has 1 rings (SSSR count). The number of nitrogens with zero attached hydrogens (tertiary/aromatic N) is 2. The Morgan fingerprint density at radius 3 is 2.65 bits per heavy atom. The van der Waals surface area contributed by atoms with Crippen molar-refractivity contribution < 1.29 is 9.53 Å². The Kier molecular flexibility index (Phi) is 4.34. The van der Waals surface area contributed by atoms with Crippen molar-refractivity contribution in [3.8, 4) is 0 Å². The van der Waals surface area contributed by atoms with Gasteiger partial charge in [-0.3, -0.25) is 0 Å². The summed E-state index contributed by atoms with van der Waals surface area (Å²) in [6.07, 6.45) is 1.36. The fourth-order valence-electron chi connectivity index (χ4n) is 1.06. The molecule has 0 fully saturated rings. The van der Waals surface area contributed by atoms with Crippen LogP contribution in [-0.4, -0.2) is 30.8 Å². The summed E-state index contributed by atoms with van der Waals surface area (Å²) in [5, 5.41) is 3.62. The van der Waals surface area contributed by atoms with Gasteiger partial charge in [0, 0.05) is 25.2 Å². The quantitative estimate of drug-likeness (QED) is 0.902. The van der Waals surface area contributed by atoms with E-state index in [1.807, 2.05) is 39.8 Å². The Balaban J connectivity index is 2.42. The van der Waals surface area contributed by atoms with Crippen molar-refractivity contribution in [2.45, 2.75) is 32.9 Å². The molecule has 1 N–H and O–H groups in total. The van der Waals surface area contributed by atoms with Gasteiger partial charge in [0.15, 0.2) is 5.13 Å². The molecule has 1 amide bonds. The topological polar surface area (TPSA) is 54.5 Å². The largest absolute Gasteiger partial charge is 0.444 e. The van der Waals surface area contributed by atoms with Gasteiger partial charge in [-0.25, -0.2) is 9.78 Å². The SMILES string of the molecule is CN(C)c1ncc(CNC(=O)OC(C)(C)C)s1. The van der Waals surface area contributed by atoms with E-state index in [4.69, 9.17) is 4.74 Å². The summed E-state index contributed by atoms with van der Waals surface area (Å²) < 4.78 is 5.14. The maximum absolute atomic E-state index is 11.4. The van der Waals surface area contributed by atoms with Crippen LogP contribution in [0.15, 0.2) is 6.20 Å². The van der Waals surface area contributed by atoms with Crippen molar-refractivity contribution >= 4 is 22.6 Å². The Morgan fingerprint density at radius 1 is 1.53 bits per heavy atom. The second kappa shape index (κ2) is 5.35. The van der Waals surface area contributed by atoms with Gasteiger partial charge in [0.1, 0.15) is 5.60 Å². The molecule has 96 valence electrons. The number of rotatable bonds is 3. The number of carbonyl (C=O) groups excluding carboxylic acids is 1. The van der Waals surface area contributed by atoms with Gasteiger partial charge in [0.2, 0.25) is 0 Å². The maximum atomic E-state index is 11.4. The van der Waals surface area contributed by atoms with Crippen LogP contribution in [0.5, 0.6) is 0 Å². The number of ether oxygens (including phenoxy) is 1. The minimum Gasteiger partial charge on any atom is -0.444 e. The first-order chi connectivity index (χ1) is 7.78. The number of alkyl carbamates (subject to hydrolysis) is 1. The molecule has 0 radical (unpaired) electrons. The van der Waals surface area contributed by atoms with Crippen LogP contribution >= 0.6 is 11.3 Å². The molecule has 17 heavy (non-hydrogen) atoms. The molecular formula is C11H19N3O2S. The van der Waals surface area contributed by atoms with E-state index < -0.39 is 11.7 Å². The summed E-state index contributed by atoms with van der Waals surface area (Å²) in [4.78, 5) is 18.6. The molecule has 0 saturated carbocycles. The average Bonchev–Trinajstić information content (AvgIpc) is 2.60. The fourth-order valence-corrected chi connectivity index (χ4v) is 1.83. The molecule has 5 nitrogen and oxygen atoms in total. The number of hydrogen-bond donors (Lipinski definition) is 1. The van der Waals surface area contributed by atoms with Gasteiger partial charge in [0.05, 0.1) is 6.54 Å². The van der Waals surface area contributed by atoms with Crippen LogP contribution in [0, 0.1) is 0 Å². The van der Waals surface area contributed by atoms with Crippen molar-refractivity contribution in [2.24, 2.45) is 0 Å². The molecule has 0 aliphatic carbocycles. The van der Waals surface area contributed by atoms with Gasteiger partial charge in [-0.15, -0.1) is 11.3 Å². The second-order valence-electron chi connectivity index (χ2n) is 4.86. The van der Waals surface area contributed by atoms with Gasteiger partial charge >= 0.3 is 6.09 Å². The molecule has 6 heteroatoms. The summed E-state index contributed by atoms with van der Waals surface area (Å²) in [7, 11) is 3.87. The first kappa shape index (κ1) is 13.8. The zero-order valence-corrected chi connectivity index (χ0v) is 11.7. The Morgan fingerprint density at radius 2 is 2.18 bits per heavy atom. The van der Waals surface area contributed by atoms with Crippen molar-refractivity contribution in [2.75, 3.05) is 19.0 Å². The minimum atomic E-state index is -0.466. The molecule has 0 aliphatic heterocycles. The van der Waals surface area contributed by atoms with E-state index in [9.17, 15) is 4.79 Å². The summed E-state index contributed by atoms with van der Waals surface area (Å²) in [5.41, 5.74) is -0.466. The lowest BCUT2D eigenvalue weighted by atomic mass is 10.2. The van der Waals surface area contributed by atoms with Crippen LogP contribution in [0.2, 0.25) is 0 Å². The highest BCUT2D eigenvalue weighted by Crippen LogP contribution is 2.20. The number of nitrogens with one attached hydrogen (secondary N) is 1. The number of thiazole rings is 1. The molecule has 0 saturated heterocycles. The third kappa shape index (κ3) is 5.04. The van der Waals surface area contributed by atoms with Gasteiger partial charge in [-0.05, 0) is 20.8 Å². The number of aromatic nitrogens is 1. The van der Waals surface area contributed by atoms with Crippen molar-refractivity contribution in [3.63, 3.8) is 0 Å². The maximum Gasteiger partial charge on any atom is 0.407 e. The predicted molar refractivity (Wildman–Crippen MR) is 69.5 cm³/mol. The highest BCUT2D eigenvalue weighted by Gasteiger charge is 2.16. The number of anilines is 1. The lowest BCUT2D eigenvalue weighted by Gasteiger charge is -2.19. The first-order valence-corrected chi connectivity index (χ1v) is 6.18. The van der Waals surface area contributed by atoms with Gasteiger partial charge in [0.25, 0.3) is 0 Å².